The summed E-state index contributed by atoms with van der Waals surface area (Å²) >= 11 is 7.41. The summed E-state index contributed by atoms with van der Waals surface area (Å²) in [5.74, 6) is -0.511. The van der Waals surface area contributed by atoms with Gasteiger partial charge in [0.25, 0.3) is 5.91 Å². The third kappa shape index (κ3) is 5.53. The largest absolute Gasteiger partial charge is 0.317 e. The molecule has 3 aromatic rings. The molecule has 1 aromatic carbocycles. The minimum absolute atomic E-state index is 0.0188. The number of nitrogens with zero attached hydrogens (tertiary/aromatic N) is 4. The third-order valence-electron chi connectivity index (χ3n) is 4.21. The van der Waals surface area contributed by atoms with E-state index in [-0.39, 0.29) is 5.57 Å². The Morgan fingerprint density at radius 2 is 2.17 bits per heavy atom. The van der Waals surface area contributed by atoms with Crippen molar-refractivity contribution in [2.75, 3.05) is 5.32 Å². The summed E-state index contributed by atoms with van der Waals surface area (Å²) in [4.78, 5) is 12.5. The van der Waals surface area contributed by atoms with Gasteiger partial charge in [0.2, 0.25) is 5.13 Å². The van der Waals surface area contributed by atoms with E-state index in [1.165, 1.54) is 11.3 Å². The topological polar surface area (TPSA) is 83.6 Å². The molecular weight excluding hydrogens is 406 g/mol. The summed E-state index contributed by atoms with van der Waals surface area (Å²) in [6, 6.07) is 13.0. The van der Waals surface area contributed by atoms with Crippen molar-refractivity contribution < 1.29 is 4.79 Å². The van der Waals surface area contributed by atoms with Gasteiger partial charge in [-0.05, 0) is 42.8 Å². The van der Waals surface area contributed by atoms with Crippen molar-refractivity contribution >= 4 is 40.1 Å². The summed E-state index contributed by atoms with van der Waals surface area (Å²) in [6.07, 6.45) is 7.54. The van der Waals surface area contributed by atoms with Crippen molar-refractivity contribution in [3.63, 3.8) is 0 Å². The molecule has 3 rings (SSSR count). The third-order valence-corrected chi connectivity index (χ3v) is 5.34. The Hall–Kier alpha value is -2.95. The van der Waals surface area contributed by atoms with Gasteiger partial charge < -0.3 is 4.57 Å². The molecular formula is C21H20ClN5OS. The average Bonchev–Trinajstić information content (AvgIpc) is 3.35. The number of carbonyl (C=O) groups is 1. The van der Waals surface area contributed by atoms with Gasteiger partial charge >= 0.3 is 0 Å². The number of amides is 1. The quantitative estimate of drug-likeness (QED) is 0.303. The fourth-order valence-corrected chi connectivity index (χ4v) is 3.73. The number of nitrogens with one attached hydrogen (secondary N) is 1. The second-order valence-electron chi connectivity index (χ2n) is 6.36. The van der Waals surface area contributed by atoms with Gasteiger partial charge in [-0.25, -0.2) is 0 Å². The fraction of sp³-hybridized carbons (Fsp3) is 0.238. The summed E-state index contributed by atoms with van der Waals surface area (Å²) in [6.45, 7) is 2.14. The van der Waals surface area contributed by atoms with E-state index in [1.807, 2.05) is 47.2 Å². The van der Waals surface area contributed by atoms with E-state index in [9.17, 15) is 10.1 Å². The molecule has 0 aliphatic carbocycles. The molecule has 0 spiro atoms. The van der Waals surface area contributed by atoms with Crippen LogP contribution in [0.3, 0.4) is 0 Å². The molecule has 2 heterocycles. The maximum absolute atomic E-state index is 12.5. The van der Waals surface area contributed by atoms with Crippen molar-refractivity contribution in [1.82, 2.24) is 14.8 Å². The predicted molar refractivity (Wildman–Crippen MR) is 116 cm³/mol. The van der Waals surface area contributed by atoms with Gasteiger partial charge in [-0.3, -0.25) is 10.1 Å². The normalized spacial score (nSPS) is 11.3. The van der Waals surface area contributed by atoms with Crippen LogP contribution in [0.1, 0.15) is 36.9 Å². The van der Waals surface area contributed by atoms with Crippen LogP contribution in [0, 0.1) is 11.3 Å². The van der Waals surface area contributed by atoms with Crippen LogP contribution in [-0.4, -0.2) is 20.7 Å². The van der Waals surface area contributed by atoms with Gasteiger partial charge in [0, 0.05) is 29.0 Å². The molecule has 6 nitrogen and oxygen atoms in total. The monoisotopic (exact) mass is 425 g/mol. The Balaban J connectivity index is 1.75. The molecule has 8 heteroatoms. The molecule has 2 aromatic heterocycles. The number of aryl methyl sites for hydroxylation is 1. The highest BCUT2D eigenvalue weighted by Crippen LogP contribution is 2.21. The van der Waals surface area contributed by atoms with Crippen molar-refractivity contribution in [2.24, 2.45) is 0 Å². The molecule has 0 saturated carbocycles. The Morgan fingerprint density at radius 1 is 1.31 bits per heavy atom. The van der Waals surface area contributed by atoms with E-state index in [0.29, 0.717) is 15.8 Å². The molecule has 0 fully saturated rings. The summed E-state index contributed by atoms with van der Waals surface area (Å²) in [7, 11) is 0. The van der Waals surface area contributed by atoms with Gasteiger partial charge in [0.15, 0.2) is 0 Å². The van der Waals surface area contributed by atoms with Crippen LogP contribution in [0.5, 0.6) is 0 Å². The summed E-state index contributed by atoms with van der Waals surface area (Å²) in [5.41, 5.74) is 1.51. The summed E-state index contributed by atoms with van der Waals surface area (Å²) < 4.78 is 1.85. The maximum atomic E-state index is 12.5. The Kier molecular flexibility index (Phi) is 7.17. The molecule has 1 amide bonds. The first-order chi connectivity index (χ1) is 14.1. The maximum Gasteiger partial charge on any atom is 0.268 e. The van der Waals surface area contributed by atoms with E-state index in [2.05, 4.69) is 22.4 Å². The van der Waals surface area contributed by atoms with Crippen LogP contribution in [0.2, 0.25) is 5.02 Å². The lowest BCUT2D eigenvalue weighted by Gasteiger charge is -2.07. The van der Waals surface area contributed by atoms with Crippen molar-refractivity contribution in [3.05, 3.63) is 63.9 Å². The molecule has 1 N–H and O–H groups in total. The van der Waals surface area contributed by atoms with Crippen LogP contribution in [0.4, 0.5) is 5.13 Å². The van der Waals surface area contributed by atoms with Gasteiger partial charge in [-0.2, -0.15) is 5.26 Å². The number of unbranched alkanes of at least 4 members (excludes halogenated alkanes) is 2. The van der Waals surface area contributed by atoms with Crippen LogP contribution in [-0.2, 0) is 11.2 Å². The van der Waals surface area contributed by atoms with Crippen molar-refractivity contribution in [2.45, 2.75) is 32.6 Å². The molecule has 29 heavy (non-hydrogen) atoms. The highest BCUT2D eigenvalue weighted by atomic mass is 35.5. The molecule has 0 bridgehead atoms. The Labute approximate surface area is 178 Å². The first-order valence-electron chi connectivity index (χ1n) is 9.29. The number of aromatic nitrogens is 3. The number of anilines is 1. The van der Waals surface area contributed by atoms with Gasteiger partial charge in [-0.1, -0.05) is 48.8 Å². The standard InChI is InChI=1S/C21H20ClN5OS/c1-2-3-4-10-19-25-26-21(29-19)24-20(28)15(14-23)12-17-9-6-11-27(17)18-8-5-7-16(22)13-18/h5-9,11-13H,2-4,10H2,1H3,(H,24,26,28)/b15-12-. The highest BCUT2D eigenvalue weighted by Gasteiger charge is 2.14. The van der Waals surface area contributed by atoms with Crippen LogP contribution in [0.25, 0.3) is 11.8 Å². The van der Waals surface area contributed by atoms with E-state index >= 15 is 0 Å². The predicted octanol–water partition coefficient (Wildman–Crippen LogP) is 5.26. The minimum Gasteiger partial charge on any atom is -0.317 e. The zero-order chi connectivity index (χ0) is 20.6. The van der Waals surface area contributed by atoms with E-state index in [4.69, 9.17) is 11.6 Å². The molecule has 0 radical (unpaired) electrons. The van der Waals surface area contributed by atoms with E-state index < -0.39 is 5.91 Å². The smallest absolute Gasteiger partial charge is 0.268 e. The minimum atomic E-state index is -0.511. The molecule has 0 aliphatic heterocycles. The Morgan fingerprint density at radius 3 is 2.93 bits per heavy atom. The Bertz CT molecular complexity index is 1060. The second-order valence-corrected chi connectivity index (χ2v) is 7.86. The van der Waals surface area contributed by atoms with Crippen LogP contribution < -0.4 is 5.32 Å². The molecule has 0 unspecified atom stereocenters. The molecule has 0 aliphatic rings. The SMILES string of the molecule is CCCCCc1nnc(NC(=O)/C(C#N)=C\c2cccn2-c2cccc(Cl)c2)s1. The number of hydrogen-bond acceptors (Lipinski definition) is 5. The highest BCUT2D eigenvalue weighted by molar-refractivity contribution is 7.15. The number of hydrogen-bond donors (Lipinski definition) is 1. The first kappa shape index (κ1) is 20.8. The molecule has 0 atom stereocenters. The number of nitriles is 1. The van der Waals surface area contributed by atoms with Crippen molar-refractivity contribution in [1.29, 1.82) is 5.26 Å². The van der Waals surface area contributed by atoms with Gasteiger partial charge in [-0.15, -0.1) is 10.2 Å². The second kappa shape index (κ2) is 10.0. The lowest BCUT2D eigenvalue weighted by Crippen LogP contribution is -2.13. The lowest BCUT2D eigenvalue weighted by atomic mass is 10.2. The van der Waals surface area contributed by atoms with Crippen LogP contribution in [0.15, 0.2) is 48.2 Å². The molecule has 0 saturated heterocycles. The van der Waals surface area contributed by atoms with Gasteiger partial charge in [0.1, 0.15) is 16.6 Å². The zero-order valence-electron chi connectivity index (χ0n) is 15.9. The van der Waals surface area contributed by atoms with Gasteiger partial charge in [0.05, 0.1) is 0 Å². The lowest BCUT2D eigenvalue weighted by molar-refractivity contribution is -0.112. The summed E-state index contributed by atoms with van der Waals surface area (Å²) in [5, 5.41) is 22.1. The molecule has 148 valence electrons. The fourth-order valence-electron chi connectivity index (χ4n) is 2.77. The number of halogens is 1. The van der Waals surface area contributed by atoms with E-state index in [1.54, 1.807) is 12.1 Å². The average molecular weight is 426 g/mol. The van der Waals surface area contributed by atoms with E-state index in [0.717, 1.165) is 36.4 Å². The number of rotatable bonds is 8. The zero-order valence-corrected chi connectivity index (χ0v) is 17.5. The van der Waals surface area contributed by atoms with Crippen molar-refractivity contribution in [3.8, 4) is 11.8 Å². The van der Waals surface area contributed by atoms with Crippen LogP contribution >= 0.6 is 22.9 Å². The number of carbonyl (C=O) groups excluding carboxylic acids is 1. The first-order valence-corrected chi connectivity index (χ1v) is 10.5. The number of benzene rings is 1.